The van der Waals surface area contributed by atoms with Crippen molar-refractivity contribution in [2.24, 2.45) is 5.92 Å². The molecule has 0 aromatic heterocycles. The summed E-state index contributed by atoms with van der Waals surface area (Å²) in [5, 5.41) is 33.6. The molecule has 0 bridgehead atoms. The number of nitrogens with one attached hydrogen (secondary N) is 1. The van der Waals surface area contributed by atoms with E-state index in [1.807, 2.05) is 51.1 Å². The predicted octanol–water partition coefficient (Wildman–Crippen LogP) is 3.85. The van der Waals surface area contributed by atoms with E-state index < -0.39 is 33.8 Å². The van der Waals surface area contributed by atoms with Crippen LogP contribution in [0, 0.1) is 12.8 Å². The zero-order valence-electron chi connectivity index (χ0n) is 21.9. The minimum Gasteiger partial charge on any atom is -0.504 e. The largest absolute Gasteiger partial charge is 0.504 e. The number of phenolic OH excluding ortho intramolecular Hbond substituents is 2. The predicted molar refractivity (Wildman–Crippen MR) is 147 cm³/mol. The number of amides is 1. The number of aliphatic hydroxyl groups is 1. The first-order valence-corrected chi connectivity index (χ1v) is 14.1. The maximum Gasteiger partial charge on any atom is 0.251 e. The summed E-state index contributed by atoms with van der Waals surface area (Å²) in [6.07, 6.45) is -0.237. The van der Waals surface area contributed by atoms with Crippen molar-refractivity contribution in [1.29, 1.82) is 0 Å². The van der Waals surface area contributed by atoms with Crippen LogP contribution in [-0.4, -0.2) is 59.2 Å². The van der Waals surface area contributed by atoms with Gasteiger partial charge in [-0.3, -0.25) is 4.79 Å². The Morgan fingerprint density at radius 1 is 0.947 bits per heavy atom. The number of phenols is 2. The molecule has 204 valence electrons. The lowest BCUT2D eigenvalue weighted by Gasteiger charge is -2.31. The van der Waals surface area contributed by atoms with Crippen molar-refractivity contribution in [1.82, 2.24) is 9.62 Å². The van der Waals surface area contributed by atoms with Gasteiger partial charge in [-0.05, 0) is 55.2 Å². The van der Waals surface area contributed by atoms with Crippen molar-refractivity contribution in [3.05, 3.63) is 89.5 Å². The first-order chi connectivity index (χ1) is 18.0. The van der Waals surface area contributed by atoms with Crippen molar-refractivity contribution in [2.45, 2.75) is 50.7 Å². The van der Waals surface area contributed by atoms with Gasteiger partial charge in [-0.1, -0.05) is 68.3 Å². The lowest BCUT2D eigenvalue weighted by atomic mass is 10.00. The van der Waals surface area contributed by atoms with Gasteiger partial charge in [0.25, 0.3) is 5.91 Å². The lowest BCUT2D eigenvalue weighted by Crippen LogP contribution is -2.51. The quantitative estimate of drug-likeness (QED) is 0.259. The van der Waals surface area contributed by atoms with E-state index in [9.17, 15) is 28.5 Å². The van der Waals surface area contributed by atoms with E-state index in [1.165, 1.54) is 16.4 Å². The van der Waals surface area contributed by atoms with E-state index >= 15 is 0 Å². The topological polar surface area (TPSA) is 127 Å². The summed E-state index contributed by atoms with van der Waals surface area (Å²) in [6.45, 7) is 5.79. The van der Waals surface area contributed by atoms with Gasteiger partial charge >= 0.3 is 0 Å². The molecule has 0 spiro atoms. The van der Waals surface area contributed by atoms with Crippen LogP contribution in [0.15, 0.2) is 77.7 Å². The molecular formula is C29H36N2O6S. The third-order valence-electron chi connectivity index (χ3n) is 6.58. The summed E-state index contributed by atoms with van der Waals surface area (Å²) < 4.78 is 28.5. The van der Waals surface area contributed by atoms with Gasteiger partial charge < -0.3 is 20.6 Å². The molecule has 38 heavy (non-hydrogen) atoms. The Labute approximate surface area is 224 Å². The van der Waals surface area contributed by atoms with Crippen LogP contribution in [0.4, 0.5) is 0 Å². The van der Waals surface area contributed by atoms with Gasteiger partial charge in [-0.2, -0.15) is 4.31 Å². The average molecular weight is 541 g/mol. The minimum absolute atomic E-state index is 0.0459. The molecule has 8 nitrogen and oxygen atoms in total. The molecule has 3 rings (SSSR count). The van der Waals surface area contributed by atoms with Crippen LogP contribution in [0.5, 0.6) is 11.5 Å². The molecule has 0 aliphatic carbocycles. The van der Waals surface area contributed by atoms with Crippen LogP contribution in [0.3, 0.4) is 0 Å². The highest BCUT2D eigenvalue weighted by molar-refractivity contribution is 7.89. The number of carbonyl (C=O) groups excluding carboxylic acids is 1. The van der Waals surface area contributed by atoms with Gasteiger partial charge in [-0.15, -0.1) is 0 Å². The van der Waals surface area contributed by atoms with Crippen molar-refractivity contribution in [3.63, 3.8) is 0 Å². The third-order valence-corrected chi connectivity index (χ3v) is 8.42. The van der Waals surface area contributed by atoms with Crippen LogP contribution in [-0.2, 0) is 16.4 Å². The number of hydrogen-bond acceptors (Lipinski definition) is 6. The molecule has 0 saturated carbocycles. The highest BCUT2D eigenvalue weighted by Crippen LogP contribution is 2.25. The van der Waals surface area contributed by atoms with Gasteiger partial charge in [0.05, 0.1) is 17.0 Å². The second-order valence-electron chi connectivity index (χ2n) is 9.69. The highest BCUT2D eigenvalue weighted by Gasteiger charge is 2.32. The highest BCUT2D eigenvalue weighted by atomic mass is 32.2. The van der Waals surface area contributed by atoms with Crippen LogP contribution in [0.1, 0.15) is 41.8 Å². The number of aryl methyl sites for hydroxylation is 1. The van der Waals surface area contributed by atoms with Gasteiger partial charge in [0.1, 0.15) is 0 Å². The number of sulfonamides is 1. The summed E-state index contributed by atoms with van der Waals surface area (Å²) >= 11 is 0. The summed E-state index contributed by atoms with van der Waals surface area (Å²) in [5.41, 5.74) is 1.87. The van der Waals surface area contributed by atoms with E-state index in [4.69, 9.17) is 0 Å². The van der Waals surface area contributed by atoms with Crippen molar-refractivity contribution in [3.8, 4) is 11.5 Å². The van der Waals surface area contributed by atoms with Gasteiger partial charge in [0.15, 0.2) is 11.5 Å². The Morgan fingerprint density at radius 2 is 1.61 bits per heavy atom. The Morgan fingerprint density at radius 3 is 2.21 bits per heavy atom. The molecular weight excluding hydrogens is 504 g/mol. The third kappa shape index (κ3) is 7.56. The number of aromatic hydroxyl groups is 2. The van der Waals surface area contributed by atoms with Gasteiger partial charge in [0, 0.05) is 18.7 Å². The normalized spacial score (nSPS) is 14.1. The summed E-state index contributed by atoms with van der Waals surface area (Å²) in [5.74, 6) is -1.33. The molecule has 0 aliphatic rings. The molecule has 1 amide bonds. The number of benzene rings is 3. The van der Waals surface area contributed by atoms with Gasteiger partial charge in [-0.25, -0.2) is 8.42 Å². The second kappa shape index (κ2) is 12.9. The summed E-state index contributed by atoms with van der Waals surface area (Å²) in [6, 6.07) is 18.7. The Balaban J connectivity index is 1.90. The van der Waals surface area contributed by atoms with E-state index in [1.54, 1.807) is 24.3 Å². The minimum atomic E-state index is -3.92. The zero-order valence-corrected chi connectivity index (χ0v) is 22.7. The molecule has 4 N–H and O–H groups in total. The Hall–Kier alpha value is -3.40. The molecule has 3 aromatic rings. The fourth-order valence-corrected chi connectivity index (χ4v) is 5.59. The van der Waals surface area contributed by atoms with E-state index in [0.717, 1.165) is 23.6 Å². The molecule has 0 fully saturated rings. The monoisotopic (exact) mass is 540 g/mol. The summed E-state index contributed by atoms with van der Waals surface area (Å²) in [7, 11) is -3.92. The molecule has 3 atom stereocenters. The van der Waals surface area contributed by atoms with Gasteiger partial charge in [0.2, 0.25) is 10.0 Å². The molecule has 0 aliphatic heterocycles. The van der Waals surface area contributed by atoms with Crippen LogP contribution < -0.4 is 5.32 Å². The lowest BCUT2D eigenvalue weighted by molar-refractivity contribution is 0.0773. The fraction of sp³-hybridized carbons (Fsp3) is 0.345. The number of rotatable bonds is 12. The van der Waals surface area contributed by atoms with E-state index in [0.29, 0.717) is 0 Å². The molecule has 0 heterocycles. The standard InChI is InChI=1S/C29H36N2O6S/c1-4-20(2)18-31(38(36,37)24-13-10-21(3)11-14-24)19-28(34)25(16-22-8-6-5-7-9-22)30-29(35)23-12-15-26(32)27(33)17-23/h5-15,17,20,25,28,32-34H,4,16,18-19H2,1-3H3,(H,30,35)/t20-,25-,28+/m0/s1. The van der Waals surface area contributed by atoms with Crippen molar-refractivity contribution >= 4 is 15.9 Å². The molecule has 9 heteroatoms. The number of carbonyl (C=O) groups is 1. The zero-order chi connectivity index (χ0) is 27.9. The maximum atomic E-state index is 13.6. The van der Waals surface area contributed by atoms with E-state index in [2.05, 4.69) is 5.32 Å². The number of nitrogens with zero attached hydrogens (tertiary/aromatic N) is 1. The Kier molecular flexibility index (Phi) is 9.90. The van der Waals surface area contributed by atoms with Crippen LogP contribution in [0.25, 0.3) is 0 Å². The van der Waals surface area contributed by atoms with Crippen LogP contribution >= 0.6 is 0 Å². The fourth-order valence-electron chi connectivity index (χ4n) is 4.01. The molecule has 0 radical (unpaired) electrons. The number of hydrogen-bond donors (Lipinski definition) is 4. The maximum absolute atomic E-state index is 13.6. The van der Waals surface area contributed by atoms with Crippen LogP contribution in [0.2, 0.25) is 0 Å². The molecule has 3 aromatic carbocycles. The first-order valence-electron chi connectivity index (χ1n) is 12.6. The second-order valence-corrected chi connectivity index (χ2v) is 11.6. The molecule has 0 unspecified atom stereocenters. The number of aliphatic hydroxyl groups excluding tert-OH is 1. The SMILES string of the molecule is CC[C@H](C)CN(C[C@@H](O)[C@H](Cc1ccccc1)NC(=O)c1ccc(O)c(O)c1)S(=O)(=O)c1ccc(C)cc1. The molecule has 0 saturated heterocycles. The van der Waals surface area contributed by atoms with E-state index in [-0.39, 0.29) is 41.6 Å². The Bertz CT molecular complexity index is 1310. The average Bonchev–Trinajstić information content (AvgIpc) is 2.90. The van der Waals surface area contributed by atoms with Crippen molar-refractivity contribution < 1.29 is 28.5 Å². The smallest absolute Gasteiger partial charge is 0.251 e. The first kappa shape index (κ1) is 29.2. The van der Waals surface area contributed by atoms with Crippen molar-refractivity contribution in [2.75, 3.05) is 13.1 Å². The summed E-state index contributed by atoms with van der Waals surface area (Å²) in [4.78, 5) is 13.2.